The number of fused-ring (bicyclic) bond motifs is 7. The molecule has 0 unspecified atom stereocenters. The Labute approximate surface area is 354 Å². The first-order chi connectivity index (χ1) is 30.2. The van der Waals surface area contributed by atoms with Crippen LogP contribution in [0, 0.1) is 0 Å². The topological polar surface area (TPSA) is 21.9 Å². The van der Waals surface area contributed by atoms with E-state index in [0.29, 0.717) is 0 Å². The highest BCUT2D eigenvalue weighted by molar-refractivity contribution is 6.12. The molecular formula is C58H39N3. The molecule has 2 heterocycles. The second kappa shape index (κ2) is 14.3. The summed E-state index contributed by atoms with van der Waals surface area (Å²) in [5, 5.41) is 11.2. The van der Waals surface area contributed by atoms with Gasteiger partial charge in [0.05, 0.1) is 22.1 Å². The molecule has 0 saturated heterocycles. The number of aromatic nitrogens is 2. The molecule has 0 saturated carbocycles. The summed E-state index contributed by atoms with van der Waals surface area (Å²) < 4.78 is 4.81. The fraction of sp³-hybridized carbons (Fsp3) is 0. The van der Waals surface area contributed by atoms with Gasteiger partial charge in [0.25, 0.3) is 0 Å². The van der Waals surface area contributed by atoms with Crippen molar-refractivity contribution in [2.75, 3.05) is 5.32 Å². The van der Waals surface area contributed by atoms with E-state index in [1.54, 1.807) is 0 Å². The van der Waals surface area contributed by atoms with Crippen LogP contribution in [0.15, 0.2) is 231 Å². The summed E-state index contributed by atoms with van der Waals surface area (Å²) >= 11 is 0. The van der Waals surface area contributed by atoms with Crippen molar-refractivity contribution in [1.29, 1.82) is 0 Å². The second-order valence-electron chi connectivity index (χ2n) is 15.8. The van der Waals surface area contributed by atoms with Gasteiger partial charge >= 0.3 is 0 Å². The summed E-state index contributed by atoms with van der Waals surface area (Å²) in [5.74, 6) is 0. The molecule has 0 aliphatic carbocycles. The zero-order valence-corrected chi connectivity index (χ0v) is 33.3. The number of rotatable bonds is 7. The van der Waals surface area contributed by atoms with Crippen molar-refractivity contribution in [3.05, 3.63) is 231 Å². The average molecular weight is 778 g/mol. The molecule has 0 amide bonds. The lowest BCUT2D eigenvalue weighted by molar-refractivity contribution is 1.18. The molecule has 12 rings (SSSR count). The highest BCUT2D eigenvalue weighted by Crippen LogP contribution is 2.42. The van der Waals surface area contributed by atoms with Crippen molar-refractivity contribution in [2.24, 2.45) is 0 Å². The monoisotopic (exact) mass is 777 g/mol. The molecule has 61 heavy (non-hydrogen) atoms. The molecule has 286 valence electrons. The fourth-order valence-electron chi connectivity index (χ4n) is 9.43. The van der Waals surface area contributed by atoms with Crippen LogP contribution in [-0.4, -0.2) is 9.13 Å². The fourth-order valence-corrected chi connectivity index (χ4v) is 9.43. The van der Waals surface area contributed by atoms with Crippen molar-refractivity contribution >= 4 is 65.8 Å². The lowest BCUT2D eigenvalue weighted by atomic mass is 9.95. The van der Waals surface area contributed by atoms with Crippen LogP contribution in [0.2, 0.25) is 0 Å². The van der Waals surface area contributed by atoms with Crippen molar-refractivity contribution in [2.45, 2.75) is 0 Å². The Kier molecular flexibility index (Phi) is 8.17. The number of nitrogens with one attached hydrogen (secondary N) is 1. The lowest BCUT2D eigenvalue weighted by Crippen LogP contribution is -1.96. The third-order valence-corrected chi connectivity index (χ3v) is 12.3. The average Bonchev–Trinajstić information content (AvgIpc) is 3.84. The Balaban J connectivity index is 1.04. The maximum absolute atomic E-state index is 3.90. The largest absolute Gasteiger partial charge is 0.355 e. The van der Waals surface area contributed by atoms with Gasteiger partial charge in [-0.05, 0) is 106 Å². The number of nitrogens with zero attached hydrogens (tertiary/aromatic N) is 2. The normalized spacial score (nSPS) is 11.6. The first-order valence-electron chi connectivity index (χ1n) is 20.9. The van der Waals surface area contributed by atoms with Crippen molar-refractivity contribution in [3.63, 3.8) is 0 Å². The van der Waals surface area contributed by atoms with Crippen LogP contribution < -0.4 is 5.32 Å². The molecule has 3 heteroatoms. The molecule has 12 aromatic rings. The first-order valence-corrected chi connectivity index (χ1v) is 20.9. The van der Waals surface area contributed by atoms with E-state index in [4.69, 9.17) is 0 Å². The summed E-state index contributed by atoms with van der Waals surface area (Å²) in [6.45, 7) is 0. The SMILES string of the molecule is c1ccc(-c2cccc(-n3c4ccccc4c4cc(-c5ccc(Nc6cccc7ccccc67)c(-c6ccc7c8ccccc8n(-c8ccccc8)c7c6)c5)ccc43)c2)cc1. The van der Waals surface area contributed by atoms with Gasteiger partial charge in [-0.1, -0.05) is 158 Å². The van der Waals surface area contributed by atoms with Crippen molar-refractivity contribution in [3.8, 4) is 44.8 Å². The van der Waals surface area contributed by atoms with Gasteiger partial charge in [-0.2, -0.15) is 0 Å². The van der Waals surface area contributed by atoms with Gasteiger partial charge in [0, 0.05) is 55.2 Å². The van der Waals surface area contributed by atoms with Gasteiger partial charge in [0.1, 0.15) is 0 Å². The minimum Gasteiger partial charge on any atom is -0.355 e. The van der Waals surface area contributed by atoms with Crippen LogP contribution in [0.5, 0.6) is 0 Å². The summed E-state index contributed by atoms with van der Waals surface area (Å²) in [7, 11) is 0. The Bertz CT molecular complexity index is 3610. The standard InChI is InChI=1S/C58H39N3/c1-3-15-39(16-4-1)41-19-13-22-46(35-41)61-56-28-12-10-25-49(56)52-37-43(31-34-57(52)61)42-30-33-54(59-53-26-14-18-40-17-7-8-23-47(40)53)51(36-42)44-29-32-50-48-24-9-11-27-55(48)60(58(50)38-44)45-20-5-2-6-21-45/h1-38,59H. The molecule has 2 aromatic heterocycles. The molecule has 0 aliphatic rings. The van der Waals surface area contributed by atoms with E-state index in [-0.39, 0.29) is 0 Å². The maximum Gasteiger partial charge on any atom is 0.0547 e. The van der Waals surface area contributed by atoms with Crippen LogP contribution in [0.1, 0.15) is 0 Å². The Morgan fingerprint density at radius 1 is 0.262 bits per heavy atom. The number of hydrogen-bond acceptors (Lipinski definition) is 1. The summed E-state index contributed by atoms with van der Waals surface area (Å²) in [6, 6.07) is 83.6. The highest BCUT2D eigenvalue weighted by atomic mass is 15.0. The van der Waals surface area contributed by atoms with Crippen LogP contribution in [0.25, 0.3) is 99.1 Å². The Morgan fingerprint density at radius 3 is 1.62 bits per heavy atom. The first kappa shape index (κ1) is 34.9. The minimum atomic E-state index is 1.05. The third-order valence-electron chi connectivity index (χ3n) is 12.3. The van der Waals surface area contributed by atoms with Gasteiger partial charge in [-0.3, -0.25) is 0 Å². The molecule has 0 spiro atoms. The van der Waals surface area contributed by atoms with E-state index in [0.717, 1.165) is 39.4 Å². The van der Waals surface area contributed by atoms with Crippen LogP contribution in [-0.2, 0) is 0 Å². The van der Waals surface area contributed by atoms with E-state index in [2.05, 4.69) is 245 Å². The molecular weight excluding hydrogens is 739 g/mol. The highest BCUT2D eigenvalue weighted by Gasteiger charge is 2.18. The molecule has 3 nitrogen and oxygen atoms in total. The smallest absolute Gasteiger partial charge is 0.0547 e. The van der Waals surface area contributed by atoms with E-state index >= 15 is 0 Å². The zero-order valence-electron chi connectivity index (χ0n) is 33.3. The second-order valence-corrected chi connectivity index (χ2v) is 15.8. The number of hydrogen-bond donors (Lipinski definition) is 1. The zero-order chi connectivity index (χ0) is 40.3. The van der Waals surface area contributed by atoms with E-state index in [1.807, 2.05) is 0 Å². The summed E-state index contributed by atoms with van der Waals surface area (Å²) in [6.07, 6.45) is 0. The van der Waals surface area contributed by atoms with Crippen molar-refractivity contribution < 1.29 is 0 Å². The van der Waals surface area contributed by atoms with Gasteiger partial charge in [-0.15, -0.1) is 0 Å². The predicted octanol–water partition coefficient (Wildman–Crippen LogP) is 15.8. The van der Waals surface area contributed by atoms with E-state index in [9.17, 15) is 0 Å². The van der Waals surface area contributed by atoms with Gasteiger partial charge in [0.15, 0.2) is 0 Å². The minimum absolute atomic E-state index is 1.05. The van der Waals surface area contributed by atoms with Crippen LogP contribution in [0.4, 0.5) is 11.4 Å². The molecule has 10 aromatic carbocycles. The lowest BCUT2D eigenvalue weighted by Gasteiger charge is -2.17. The maximum atomic E-state index is 3.90. The van der Waals surface area contributed by atoms with Gasteiger partial charge in [-0.25, -0.2) is 0 Å². The Morgan fingerprint density at radius 2 is 0.803 bits per heavy atom. The molecule has 0 radical (unpaired) electrons. The summed E-state index contributed by atoms with van der Waals surface area (Å²) in [5.41, 5.74) is 16.2. The molecule has 0 aliphatic heterocycles. The third kappa shape index (κ3) is 5.90. The summed E-state index contributed by atoms with van der Waals surface area (Å²) in [4.78, 5) is 0. The number of benzene rings is 10. The van der Waals surface area contributed by atoms with E-state index in [1.165, 1.54) is 71.1 Å². The molecule has 1 N–H and O–H groups in total. The van der Waals surface area contributed by atoms with Gasteiger partial charge in [0.2, 0.25) is 0 Å². The Hall–Kier alpha value is -8.14. The number of anilines is 2. The van der Waals surface area contributed by atoms with Crippen LogP contribution >= 0.6 is 0 Å². The van der Waals surface area contributed by atoms with Crippen LogP contribution in [0.3, 0.4) is 0 Å². The quantitative estimate of drug-likeness (QED) is 0.171. The van der Waals surface area contributed by atoms with Gasteiger partial charge < -0.3 is 14.5 Å². The molecule has 0 fully saturated rings. The van der Waals surface area contributed by atoms with Crippen molar-refractivity contribution in [1.82, 2.24) is 9.13 Å². The molecule has 0 bridgehead atoms. The number of para-hydroxylation sites is 3. The molecule has 0 atom stereocenters. The predicted molar refractivity (Wildman–Crippen MR) is 259 cm³/mol. The van der Waals surface area contributed by atoms with E-state index < -0.39 is 0 Å².